The summed E-state index contributed by atoms with van der Waals surface area (Å²) in [7, 11) is 0. The predicted octanol–water partition coefficient (Wildman–Crippen LogP) is 7.60. The molecule has 0 amide bonds. The van der Waals surface area contributed by atoms with E-state index in [-0.39, 0.29) is 0 Å². The molecule has 2 aromatic heterocycles. The van der Waals surface area contributed by atoms with Crippen LogP contribution in [0.15, 0.2) is 22.9 Å². The summed E-state index contributed by atoms with van der Waals surface area (Å²) in [6, 6.07) is 4.03. The van der Waals surface area contributed by atoms with Crippen molar-refractivity contribution in [1.82, 2.24) is 0 Å². The highest BCUT2D eigenvalue weighted by Crippen LogP contribution is 2.39. The minimum absolute atomic E-state index is 0.517. The van der Waals surface area contributed by atoms with Gasteiger partial charge in [-0.1, -0.05) is 47.5 Å². The fraction of sp³-hybridized carbons (Fsp3) is 0.450. The second-order valence-corrected chi connectivity index (χ2v) is 6.77. The van der Waals surface area contributed by atoms with Crippen molar-refractivity contribution in [3.8, 4) is 0 Å². The van der Waals surface area contributed by atoms with E-state index in [1.165, 1.54) is 4.70 Å². The standard InChI is InChI=1S/C16H16O2S2.2C2H6/c1-2-3-4-5-10-11-6-8-19-14(11)15-12(7-9-20-15)13(10)16(17)18;2*1-2/h6-9H,2-5H2,1H3,(H,17,18);2*1-2H3. The summed E-state index contributed by atoms with van der Waals surface area (Å²) in [6.07, 6.45) is 4.20. The lowest BCUT2D eigenvalue weighted by Gasteiger charge is -2.10. The highest BCUT2D eigenvalue weighted by atomic mass is 32.1. The Labute approximate surface area is 153 Å². The van der Waals surface area contributed by atoms with Gasteiger partial charge in [0.05, 0.1) is 15.0 Å². The number of benzene rings is 1. The summed E-state index contributed by atoms with van der Waals surface area (Å²) in [4.78, 5) is 11.7. The van der Waals surface area contributed by atoms with Crippen LogP contribution in [0.1, 0.15) is 69.8 Å². The van der Waals surface area contributed by atoms with Crippen molar-refractivity contribution < 1.29 is 9.90 Å². The molecule has 3 rings (SSSR count). The number of hydrogen-bond donors (Lipinski definition) is 1. The van der Waals surface area contributed by atoms with E-state index < -0.39 is 5.97 Å². The number of carboxylic acid groups (broad SMARTS) is 1. The van der Waals surface area contributed by atoms with Gasteiger partial charge in [0.15, 0.2) is 0 Å². The largest absolute Gasteiger partial charge is 0.478 e. The molecular weight excluding hydrogens is 336 g/mol. The maximum absolute atomic E-state index is 11.7. The van der Waals surface area contributed by atoms with E-state index >= 15 is 0 Å². The van der Waals surface area contributed by atoms with E-state index in [1.54, 1.807) is 22.7 Å². The van der Waals surface area contributed by atoms with Crippen molar-refractivity contribution in [2.75, 3.05) is 0 Å². The smallest absolute Gasteiger partial charge is 0.336 e. The number of unbranched alkanes of at least 4 members (excludes halogenated alkanes) is 2. The topological polar surface area (TPSA) is 37.3 Å². The molecule has 3 aromatic rings. The maximum Gasteiger partial charge on any atom is 0.336 e. The lowest BCUT2D eigenvalue weighted by Crippen LogP contribution is -2.04. The normalized spacial score (nSPS) is 10.0. The van der Waals surface area contributed by atoms with Gasteiger partial charge in [0.25, 0.3) is 0 Å². The van der Waals surface area contributed by atoms with E-state index in [2.05, 4.69) is 18.4 Å². The van der Waals surface area contributed by atoms with Crippen molar-refractivity contribution >= 4 is 48.8 Å². The van der Waals surface area contributed by atoms with Gasteiger partial charge in [-0.3, -0.25) is 0 Å². The Kier molecular flexibility index (Phi) is 9.01. The summed E-state index contributed by atoms with van der Waals surface area (Å²) >= 11 is 3.35. The van der Waals surface area contributed by atoms with Crippen LogP contribution in [0.2, 0.25) is 0 Å². The summed E-state index contributed by atoms with van der Waals surface area (Å²) in [5, 5.41) is 15.7. The summed E-state index contributed by atoms with van der Waals surface area (Å²) in [5.74, 6) is -0.798. The minimum atomic E-state index is -0.798. The van der Waals surface area contributed by atoms with Gasteiger partial charge in [-0.15, -0.1) is 22.7 Å². The Morgan fingerprint density at radius 1 is 0.958 bits per heavy atom. The Morgan fingerprint density at radius 2 is 1.50 bits per heavy atom. The van der Waals surface area contributed by atoms with Gasteiger partial charge >= 0.3 is 5.97 Å². The van der Waals surface area contributed by atoms with Gasteiger partial charge in [-0.05, 0) is 46.7 Å². The average Bonchev–Trinajstić information content (AvgIpc) is 3.27. The van der Waals surface area contributed by atoms with Crippen LogP contribution in [0.4, 0.5) is 0 Å². The number of carbonyl (C=O) groups is 1. The van der Waals surface area contributed by atoms with Crippen LogP contribution >= 0.6 is 22.7 Å². The van der Waals surface area contributed by atoms with E-state index in [4.69, 9.17) is 0 Å². The first-order valence-corrected chi connectivity index (χ1v) is 10.6. The van der Waals surface area contributed by atoms with Gasteiger partial charge < -0.3 is 5.11 Å². The molecule has 1 N–H and O–H groups in total. The Morgan fingerprint density at radius 3 is 2.04 bits per heavy atom. The zero-order valence-corrected chi connectivity index (χ0v) is 16.9. The first kappa shape index (κ1) is 20.7. The van der Waals surface area contributed by atoms with Crippen LogP contribution in [-0.2, 0) is 6.42 Å². The molecule has 0 bridgehead atoms. The van der Waals surface area contributed by atoms with Gasteiger partial charge in [-0.25, -0.2) is 4.79 Å². The van der Waals surface area contributed by atoms with Crippen molar-refractivity contribution in [2.24, 2.45) is 0 Å². The first-order valence-electron chi connectivity index (χ1n) is 8.86. The van der Waals surface area contributed by atoms with Gasteiger partial charge in [0.2, 0.25) is 0 Å². The lowest BCUT2D eigenvalue weighted by atomic mass is 9.95. The van der Waals surface area contributed by atoms with Crippen LogP contribution in [0.3, 0.4) is 0 Å². The number of carboxylic acids is 1. The van der Waals surface area contributed by atoms with Crippen LogP contribution in [-0.4, -0.2) is 11.1 Å². The quantitative estimate of drug-likeness (QED) is 0.473. The van der Waals surface area contributed by atoms with Crippen LogP contribution in [0.5, 0.6) is 0 Å². The predicted molar refractivity (Wildman–Crippen MR) is 110 cm³/mol. The molecule has 0 aliphatic heterocycles. The molecule has 0 saturated heterocycles. The molecule has 0 aliphatic carbocycles. The third-order valence-electron chi connectivity index (χ3n) is 3.68. The van der Waals surface area contributed by atoms with Crippen molar-refractivity contribution in [1.29, 1.82) is 0 Å². The van der Waals surface area contributed by atoms with E-state index in [1.807, 2.05) is 39.1 Å². The lowest BCUT2D eigenvalue weighted by molar-refractivity contribution is 0.0698. The number of fused-ring (bicyclic) bond motifs is 3. The monoisotopic (exact) mass is 364 g/mol. The molecule has 24 heavy (non-hydrogen) atoms. The van der Waals surface area contributed by atoms with Crippen LogP contribution < -0.4 is 0 Å². The zero-order chi connectivity index (χ0) is 18.1. The molecule has 0 fully saturated rings. The highest BCUT2D eigenvalue weighted by Gasteiger charge is 2.20. The molecule has 4 heteroatoms. The fourth-order valence-corrected chi connectivity index (χ4v) is 4.78. The van der Waals surface area contributed by atoms with Crippen molar-refractivity contribution in [3.05, 3.63) is 34.0 Å². The molecule has 1 aromatic carbocycles. The van der Waals surface area contributed by atoms with E-state index in [9.17, 15) is 9.90 Å². The summed E-state index contributed by atoms with van der Waals surface area (Å²) in [6.45, 7) is 10.2. The molecule has 0 saturated carbocycles. The van der Waals surface area contributed by atoms with E-state index in [0.717, 1.165) is 46.7 Å². The molecule has 0 spiro atoms. The van der Waals surface area contributed by atoms with Gasteiger partial charge in [0, 0.05) is 5.39 Å². The van der Waals surface area contributed by atoms with Gasteiger partial charge in [-0.2, -0.15) is 0 Å². The third kappa shape index (κ3) is 4.17. The molecule has 0 radical (unpaired) electrons. The molecule has 132 valence electrons. The number of hydrogen-bond acceptors (Lipinski definition) is 3. The molecule has 0 aliphatic rings. The van der Waals surface area contributed by atoms with Crippen molar-refractivity contribution in [2.45, 2.75) is 60.3 Å². The number of aryl methyl sites for hydroxylation is 1. The molecule has 0 unspecified atom stereocenters. The maximum atomic E-state index is 11.7. The fourth-order valence-electron chi connectivity index (χ4n) is 2.76. The average molecular weight is 365 g/mol. The molecular formula is C20H28O2S2. The SMILES string of the molecule is CC.CC.CCCCCc1c(C(=O)O)c2ccsc2c2sccc12. The van der Waals surface area contributed by atoms with Crippen LogP contribution in [0.25, 0.3) is 20.2 Å². The minimum Gasteiger partial charge on any atom is -0.478 e. The Hall–Kier alpha value is -1.39. The number of rotatable bonds is 5. The second kappa shape index (κ2) is 10.5. The summed E-state index contributed by atoms with van der Waals surface area (Å²) in [5.41, 5.74) is 1.54. The van der Waals surface area contributed by atoms with Crippen LogP contribution in [0, 0.1) is 0 Å². The molecule has 2 nitrogen and oxygen atoms in total. The molecule has 2 heterocycles. The highest BCUT2D eigenvalue weighted by molar-refractivity contribution is 7.25. The Bertz CT molecular complexity index is 768. The van der Waals surface area contributed by atoms with Crippen molar-refractivity contribution in [3.63, 3.8) is 0 Å². The number of thiophene rings is 2. The Balaban J connectivity index is 0.000000671. The second-order valence-electron chi connectivity index (χ2n) is 4.94. The van der Waals surface area contributed by atoms with Gasteiger partial charge in [0.1, 0.15) is 0 Å². The summed E-state index contributed by atoms with van der Waals surface area (Å²) < 4.78 is 2.36. The molecule has 0 atom stereocenters. The van der Waals surface area contributed by atoms with E-state index in [0.29, 0.717) is 5.56 Å². The third-order valence-corrected chi connectivity index (χ3v) is 5.67. The first-order chi connectivity index (χ1) is 11.7. The number of aromatic carboxylic acids is 1. The zero-order valence-electron chi connectivity index (χ0n) is 15.3.